The van der Waals surface area contributed by atoms with Crippen LogP contribution in [0.4, 0.5) is 0 Å². The van der Waals surface area contributed by atoms with Crippen LogP contribution in [0.5, 0.6) is 0 Å². The predicted octanol–water partition coefficient (Wildman–Crippen LogP) is 10.9. The third-order valence-electron chi connectivity index (χ3n) is 7.11. The van der Waals surface area contributed by atoms with E-state index >= 15 is 0 Å². The van der Waals surface area contributed by atoms with Crippen molar-refractivity contribution in [2.24, 2.45) is 5.41 Å². The zero-order valence-electron chi connectivity index (χ0n) is 26.5. The van der Waals surface area contributed by atoms with E-state index in [0.717, 1.165) is 49.2 Å². The molecule has 219 valence electrons. The van der Waals surface area contributed by atoms with Crippen LogP contribution in [-0.4, -0.2) is 9.97 Å². The summed E-state index contributed by atoms with van der Waals surface area (Å²) in [6.45, 7) is 5.75. The van der Waals surface area contributed by atoms with Crippen LogP contribution in [0, 0.1) is 17.5 Å². The van der Waals surface area contributed by atoms with E-state index in [4.69, 9.17) is 7.16 Å². The Kier molecular flexibility index (Phi) is 7.76. The SMILES string of the molecule is [2H]C([2H])(c1ccnc(-c2[c-]cc3oc4cccc5sc2c3c45)c1)C(C)(C)C.[Ir].[c-]1ccccc1-c1cc(-c2ccccc2)ccn1. The quantitative estimate of drug-likeness (QED) is 0.167. The zero-order valence-corrected chi connectivity index (χ0v) is 27.7. The summed E-state index contributed by atoms with van der Waals surface area (Å²) in [5.41, 5.74) is 7.86. The Labute approximate surface area is 278 Å². The van der Waals surface area contributed by atoms with Gasteiger partial charge in [0.15, 0.2) is 0 Å². The van der Waals surface area contributed by atoms with Gasteiger partial charge in [-0.25, -0.2) is 0 Å². The summed E-state index contributed by atoms with van der Waals surface area (Å²) >= 11 is 1.71. The van der Waals surface area contributed by atoms with Crippen molar-refractivity contribution in [1.29, 1.82) is 0 Å². The van der Waals surface area contributed by atoms with Crippen molar-refractivity contribution in [3.8, 4) is 33.6 Å². The van der Waals surface area contributed by atoms with E-state index in [2.05, 4.69) is 46.4 Å². The topological polar surface area (TPSA) is 38.9 Å². The largest absolute Gasteiger partial charge is 0.500 e. The summed E-state index contributed by atoms with van der Waals surface area (Å²) in [6, 6.07) is 40.5. The number of hydrogen-bond acceptors (Lipinski definition) is 4. The first-order valence-electron chi connectivity index (χ1n) is 15.2. The van der Waals surface area contributed by atoms with E-state index in [1.807, 2.05) is 99.8 Å². The predicted molar refractivity (Wildman–Crippen MR) is 179 cm³/mol. The number of hydrogen-bond donors (Lipinski definition) is 0. The summed E-state index contributed by atoms with van der Waals surface area (Å²) < 4.78 is 25.4. The van der Waals surface area contributed by atoms with Gasteiger partial charge in [-0.2, -0.15) is 11.3 Å². The summed E-state index contributed by atoms with van der Waals surface area (Å²) in [6.07, 6.45) is 2.07. The molecule has 4 aromatic carbocycles. The second-order valence-electron chi connectivity index (χ2n) is 11.4. The van der Waals surface area contributed by atoms with Gasteiger partial charge in [0.25, 0.3) is 0 Å². The summed E-state index contributed by atoms with van der Waals surface area (Å²) in [5, 5.41) is 2.27. The Bertz CT molecular complexity index is 2180. The van der Waals surface area contributed by atoms with Gasteiger partial charge in [-0.05, 0) is 68.7 Å². The molecule has 8 aromatic rings. The van der Waals surface area contributed by atoms with Crippen LogP contribution in [0.25, 0.3) is 65.0 Å². The van der Waals surface area contributed by atoms with E-state index in [1.54, 1.807) is 23.6 Å². The van der Waals surface area contributed by atoms with Crippen LogP contribution in [-0.2, 0) is 26.5 Å². The van der Waals surface area contributed by atoms with Crippen molar-refractivity contribution in [3.05, 3.63) is 133 Å². The van der Waals surface area contributed by atoms with E-state index in [1.165, 1.54) is 15.8 Å². The zero-order chi connectivity index (χ0) is 31.2. The van der Waals surface area contributed by atoms with Gasteiger partial charge in [0.1, 0.15) is 5.58 Å². The Morgan fingerprint density at radius 3 is 2.36 bits per heavy atom. The maximum absolute atomic E-state index is 8.58. The molecule has 0 saturated heterocycles. The number of rotatable bonds is 4. The molecule has 0 saturated carbocycles. The minimum Gasteiger partial charge on any atom is -0.500 e. The van der Waals surface area contributed by atoms with Crippen LogP contribution in [0.2, 0.25) is 0 Å². The maximum atomic E-state index is 8.58. The number of furan rings is 1. The van der Waals surface area contributed by atoms with E-state index in [0.29, 0.717) is 5.56 Å². The van der Waals surface area contributed by atoms with Crippen molar-refractivity contribution >= 4 is 42.7 Å². The van der Waals surface area contributed by atoms with Crippen molar-refractivity contribution in [2.45, 2.75) is 27.1 Å². The van der Waals surface area contributed by atoms with Crippen molar-refractivity contribution in [1.82, 2.24) is 9.97 Å². The van der Waals surface area contributed by atoms with Gasteiger partial charge in [0.05, 0.1) is 5.58 Å². The molecule has 8 rings (SSSR count). The summed E-state index contributed by atoms with van der Waals surface area (Å²) in [5.74, 6) is 0. The molecule has 4 heterocycles. The first-order valence-corrected chi connectivity index (χ1v) is 15.1. The fraction of sp³-hybridized carbons (Fsp3) is 0.128. The third kappa shape index (κ3) is 6.09. The first-order chi connectivity index (χ1) is 21.7. The second-order valence-corrected chi connectivity index (χ2v) is 12.5. The van der Waals surface area contributed by atoms with Crippen molar-refractivity contribution in [2.75, 3.05) is 0 Å². The molecule has 0 amide bonds. The molecule has 3 nitrogen and oxygen atoms in total. The molecule has 1 radical (unpaired) electrons. The Morgan fingerprint density at radius 1 is 0.773 bits per heavy atom. The molecule has 0 spiro atoms. The van der Waals surface area contributed by atoms with Gasteiger partial charge in [-0.1, -0.05) is 74.9 Å². The molecule has 0 aliphatic heterocycles. The van der Waals surface area contributed by atoms with Crippen LogP contribution in [0.3, 0.4) is 0 Å². The third-order valence-corrected chi connectivity index (χ3v) is 8.28. The van der Waals surface area contributed by atoms with Gasteiger partial charge in [0, 0.05) is 45.3 Å². The van der Waals surface area contributed by atoms with Crippen molar-refractivity contribution < 1.29 is 27.3 Å². The molecule has 0 fully saturated rings. The van der Waals surface area contributed by atoms with E-state index in [-0.39, 0.29) is 20.1 Å². The Hall–Kier alpha value is -4.15. The molecular formula is C39H30IrN2OS-2. The standard InChI is InChI=1S/C22H18NOS.C17H12N.Ir/c1-22(2,3)12-13-9-10-23-15(11-13)14-7-8-17-20-19-16(24-17)5-4-6-18(19)25-21(14)20;1-3-7-14(8-4-1)16-11-12-18-17(13-16)15-9-5-2-6-10-15;/h4-6,8-11H,12H2,1-3H3;1-9,11-13H;/q2*-1;/i12D2;;. The molecule has 5 heteroatoms. The van der Waals surface area contributed by atoms with Crippen LogP contribution >= 0.6 is 11.3 Å². The monoisotopic (exact) mass is 769 g/mol. The van der Waals surface area contributed by atoms with Crippen molar-refractivity contribution in [3.63, 3.8) is 0 Å². The van der Waals surface area contributed by atoms with Gasteiger partial charge in [0.2, 0.25) is 0 Å². The van der Waals surface area contributed by atoms with Crippen LogP contribution < -0.4 is 0 Å². The van der Waals surface area contributed by atoms with Gasteiger partial charge >= 0.3 is 0 Å². The van der Waals surface area contributed by atoms with Gasteiger partial charge in [-0.15, -0.1) is 53.6 Å². The average molecular weight is 769 g/mol. The smallest absolute Gasteiger partial charge is 0.122 e. The minimum absolute atomic E-state index is 0. The molecule has 0 N–H and O–H groups in total. The summed E-state index contributed by atoms with van der Waals surface area (Å²) in [7, 11) is 0. The second kappa shape index (κ2) is 12.5. The molecule has 0 bridgehead atoms. The number of nitrogens with zero attached hydrogens (tertiary/aromatic N) is 2. The van der Waals surface area contributed by atoms with Gasteiger partial charge in [-0.3, -0.25) is 0 Å². The average Bonchev–Trinajstić information content (AvgIpc) is 3.66. The molecule has 0 unspecified atom stereocenters. The Morgan fingerprint density at radius 2 is 1.57 bits per heavy atom. The molecular weight excluding hydrogens is 737 g/mol. The number of aromatic nitrogens is 2. The van der Waals surface area contributed by atoms with E-state index < -0.39 is 11.8 Å². The van der Waals surface area contributed by atoms with Gasteiger partial charge < -0.3 is 14.4 Å². The fourth-order valence-electron chi connectivity index (χ4n) is 5.30. The van der Waals surface area contributed by atoms with Crippen LogP contribution in [0.1, 0.15) is 29.1 Å². The number of thiophene rings is 1. The molecule has 0 atom stereocenters. The molecule has 0 aliphatic carbocycles. The molecule has 4 aromatic heterocycles. The maximum Gasteiger partial charge on any atom is 0.122 e. The fourth-order valence-corrected chi connectivity index (χ4v) is 6.54. The van der Waals surface area contributed by atoms with Crippen LogP contribution in [0.15, 0.2) is 120 Å². The first kappa shape index (κ1) is 27.4. The van der Waals surface area contributed by atoms with E-state index in [9.17, 15) is 0 Å². The molecule has 0 aliphatic rings. The summed E-state index contributed by atoms with van der Waals surface area (Å²) in [4.78, 5) is 8.94. The Balaban J connectivity index is 0.000000171. The normalized spacial score (nSPS) is 12.4. The number of pyridine rings is 2. The molecule has 44 heavy (non-hydrogen) atoms. The minimum atomic E-state index is -1.46. The number of benzene rings is 4.